The van der Waals surface area contributed by atoms with Crippen molar-refractivity contribution in [2.24, 2.45) is 12.8 Å². The van der Waals surface area contributed by atoms with Crippen LogP contribution in [0.15, 0.2) is 66.9 Å². The Morgan fingerprint density at radius 3 is 2.57 bits per heavy atom. The number of ether oxygens (including phenoxy) is 1. The van der Waals surface area contributed by atoms with Crippen molar-refractivity contribution in [1.29, 1.82) is 0 Å². The highest BCUT2D eigenvalue weighted by atomic mass is 35.5. The Labute approximate surface area is 167 Å². The predicted octanol–water partition coefficient (Wildman–Crippen LogP) is 4.45. The zero-order valence-electron chi connectivity index (χ0n) is 15.2. The van der Waals surface area contributed by atoms with Gasteiger partial charge in [0.05, 0.1) is 17.0 Å². The van der Waals surface area contributed by atoms with Gasteiger partial charge in [-0.25, -0.2) is 9.67 Å². The zero-order valence-corrected chi connectivity index (χ0v) is 16.0. The average Bonchev–Trinajstić information content (AvgIpc) is 3.09. The van der Waals surface area contributed by atoms with Crippen LogP contribution in [-0.4, -0.2) is 19.7 Å². The van der Waals surface area contributed by atoms with Crippen molar-refractivity contribution in [3.05, 3.63) is 77.6 Å². The third kappa shape index (κ3) is 3.74. The second-order valence-electron chi connectivity index (χ2n) is 6.20. The second kappa shape index (κ2) is 7.80. The largest absolute Gasteiger partial charge is 0.420 e. The molecule has 3 aromatic heterocycles. The van der Waals surface area contributed by atoms with Crippen LogP contribution in [-0.2, 0) is 13.6 Å². The summed E-state index contributed by atoms with van der Waals surface area (Å²) in [5, 5.41) is 4.86. The molecule has 0 atom stereocenters. The monoisotopic (exact) mass is 391 g/mol. The maximum atomic E-state index is 6.11. The number of rotatable bonds is 5. The van der Waals surface area contributed by atoms with E-state index in [1.807, 2.05) is 61.6 Å². The lowest BCUT2D eigenvalue weighted by Crippen LogP contribution is -2.00. The molecule has 0 bridgehead atoms. The van der Waals surface area contributed by atoms with E-state index in [1.165, 1.54) is 0 Å². The number of halogens is 1. The summed E-state index contributed by atoms with van der Waals surface area (Å²) in [4.78, 5) is 8.81. The summed E-state index contributed by atoms with van der Waals surface area (Å²) in [5.41, 5.74) is 9.88. The fourth-order valence-corrected chi connectivity index (χ4v) is 2.93. The summed E-state index contributed by atoms with van der Waals surface area (Å²) in [6.07, 6.45) is 1.74. The Morgan fingerprint density at radius 2 is 1.86 bits per heavy atom. The third-order valence-corrected chi connectivity index (χ3v) is 4.48. The molecule has 0 saturated carbocycles. The van der Waals surface area contributed by atoms with Crippen molar-refractivity contribution < 1.29 is 4.74 Å². The minimum atomic E-state index is 0.336. The quantitative estimate of drug-likeness (QED) is 0.508. The van der Waals surface area contributed by atoms with Gasteiger partial charge in [-0.1, -0.05) is 48.0 Å². The minimum Gasteiger partial charge on any atom is -0.420 e. The molecule has 0 radical (unpaired) electrons. The Hall–Kier alpha value is -3.22. The van der Waals surface area contributed by atoms with E-state index in [0.29, 0.717) is 23.5 Å². The predicted molar refractivity (Wildman–Crippen MR) is 109 cm³/mol. The fraction of sp³-hybridized carbons (Fsp3) is 0.0952. The molecular formula is C21H18ClN5O. The number of hydrogen-bond acceptors (Lipinski definition) is 5. The second-order valence-corrected chi connectivity index (χ2v) is 6.59. The van der Waals surface area contributed by atoms with Gasteiger partial charge >= 0.3 is 0 Å². The van der Waals surface area contributed by atoms with Crippen LogP contribution in [0, 0.1) is 0 Å². The molecule has 0 spiro atoms. The Bertz CT molecular complexity index is 1090. The van der Waals surface area contributed by atoms with Crippen molar-refractivity contribution in [2.45, 2.75) is 6.54 Å². The van der Waals surface area contributed by atoms with Crippen molar-refractivity contribution in [2.75, 3.05) is 0 Å². The number of nitrogens with zero attached hydrogens (tertiary/aromatic N) is 4. The van der Waals surface area contributed by atoms with Gasteiger partial charge in [-0.2, -0.15) is 5.10 Å². The van der Waals surface area contributed by atoms with Gasteiger partial charge in [0.1, 0.15) is 5.15 Å². The molecule has 2 N–H and O–H groups in total. The molecule has 6 nitrogen and oxygen atoms in total. The average molecular weight is 392 g/mol. The van der Waals surface area contributed by atoms with E-state index < -0.39 is 0 Å². The summed E-state index contributed by atoms with van der Waals surface area (Å²) in [7, 11) is 1.82. The van der Waals surface area contributed by atoms with Gasteiger partial charge < -0.3 is 10.5 Å². The van der Waals surface area contributed by atoms with E-state index in [-0.39, 0.29) is 0 Å². The fourth-order valence-electron chi connectivity index (χ4n) is 2.79. The molecule has 0 aliphatic carbocycles. The summed E-state index contributed by atoms with van der Waals surface area (Å²) in [6.45, 7) is 0.437. The SMILES string of the molecule is Cn1nc(-c2ccccc2)cc1Oc1nc(Cl)ccc1-c1ccc(CN)cn1. The van der Waals surface area contributed by atoms with E-state index in [9.17, 15) is 0 Å². The lowest BCUT2D eigenvalue weighted by Gasteiger charge is -2.10. The van der Waals surface area contributed by atoms with Gasteiger partial charge in [0.15, 0.2) is 0 Å². The van der Waals surface area contributed by atoms with Gasteiger partial charge in [-0.15, -0.1) is 0 Å². The topological polar surface area (TPSA) is 78.8 Å². The maximum Gasteiger partial charge on any atom is 0.232 e. The smallest absolute Gasteiger partial charge is 0.232 e. The van der Waals surface area contributed by atoms with Crippen LogP contribution < -0.4 is 10.5 Å². The normalized spacial score (nSPS) is 10.8. The first kappa shape index (κ1) is 18.2. The van der Waals surface area contributed by atoms with E-state index in [1.54, 1.807) is 16.9 Å². The molecule has 3 heterocycles. The number of aryl methyl sites for hydroxylation is 1. The molecule has 7 heteroatoms. The Kier molecular flexibility index (Phi) is 5.06. The van der Waals surface area contributed by atoms with Crippen LogP contribution in [0.5, 0.6) is 11.8 Å². The van der Waals surface area contributed by atoms with E-state index in [2.05, 4.69) is 15.1 Å². The molecule has 0 saturated heterocycles. The molecule has 1 aromatic carbocycles. The van der Waals surface area contributed by atoms with Gasteiger partial charge in [-0.3, -0.25) is 4.98 Å². The number of benzene rings is 1. The first-order valence-corrected chi connectivity index (χ1v) is 9.11. The first-order chi connectivity index (χ1) is 13.6. The van der Waals surface area contributed by atoms with Crippen LogP contribution in [0.3, 0.4) is 0 Å². The van der Waals surface area contributed by atoms with Crippen LogP contribution in [0.1, 0.15) is 5.56 Å². The molecule has 4 rings (SSSR count). The molecule has 4 aromatic rings. The van der Waals surface area contributed by atoms with Crippen molar-refractivity contribution >= 4 is 11.6 Å². The molecule has 28 heavy (non-hydrogen) atoms. The number of hydrogen-bond donors (Lipinski definition) is 1. The van der Waals surface area contributed by atoms with E-state index >= 15 is 0 Å². The van der Waals surface area contributed by atoms with E-state index in [4.69, 9.17) is 22.1 Å². The molecular weight excluding hydrogens is 374 g/mol. The van der Waals surface area contributed by atoms with E-state index in [0.717, 1.165) is 28.1 Å². The number of nitrogens with two attached hydrogens (primary N) is 1. The molecule has 0 unspecified atom stereocenters. The summed E-state index contributed by atoms with van der Waals surface area (Å²) in [6, 6.07) is 19.1. The number of aromatic nitrogens is 4. The molecule has 0 aliphatic heterocycles. The molecule has 0 amide bonds. The molecule has 0 aliphatic rings. The lowest BCUT2D eigenvalue weighted by atomic mass is 10.1. The zero-order chi connectivity index (χ0) is 19.5. The molecule has 140 valence electrons. The highest BCUT2D eigenvalue weighted by molar-refractivity contribution is 6.29. The highest BCUT2D eigenvalue weighted by Crippen LogP contribution is 2.33. The van der Waals surface area contributed by atoms with Gasteiger partial charge in [0.25, 0.3) is 0 Å². The minimum absolute atomic E-state index is 0.336. The lowest BCUT2D eigenvalue weighted by molar-refractivity contribution is 0.417. The Balaban J connectivity index is 1.70. The Morgan fingerprint density at radius 1 is 1.04 bits per heavy atom. The third-order valence-electron chi connectivity index (χ3n) is 4.27. The summed E-state index contributed by atoms with van der Waals surface area (Å²) >= 11 is 6.11. The van der Waals surface area contributed by atoms with Gasteiger partial charge in [-0.05, 0) is 23.8 Å². The van der Waals surface area contributed by atoms with Crippen molar-refractivity contribution in [3.63, 3.8) is 0 Å². The number of pyridine rings is 2. The molecule has 0 fully saturated rings. The maximum absolute atomic E-state index is 6.11. The summed E-state index contributed by atoms with van der Waals surface area (Å²) < 4.78 is 7.74. The van der Waals surface area contributed by atoms with Crippen molar-refractivity contribution in [3.8, 4) is 34.3 Å². The van der Waals surface area contributed by atoms with Crippen molar-refractivity contribution in [1.82, 2.24) is 19.7 Å². The highest BCUT2D eigenvalue weighted by Gasteiger charge is 2.15. The summed E-state index contributed by atoms with van der Waals surface area (Å²) in [5.74, 6) is 0.913. The van der Waals surface area contributed by atoms with Gasteiger partial charge in [0, 0.05) is 31.4 Å². The van der Waals surface area contributed by atoms with Crippen LogP contribution >= 0.6 is 11.6 Å². The first-order valence-electron chi connectivity index (χ1n) is 8.73. The standard InChI is InChI=1S/C21H18ClN5O/c1-27-20(11-18(26-27)15-5-3-2-4-6-15)28-21-16(8-10-19(22)25-21)17-9-7-14(12-23)13-24-17/h2-11,13H,12,23H2,1H3. The van der Waals surface area contributed by atoms with Crippen LogP contribution in [0.4, 0.5) is 0 Å². The van der Waals surface area contributed by atoms with Crippen LogP contribution in [0.2, 0.25) is 5.15 Å². The van der Waals surface area contributed by atoms with Gasteiger partial charge in [0.2, 0.25) is 11.8 Å². The van der Waals surface area contributed by atoms with Crippen LogP contribution in [0.25, 0.3) is 22.5 Å².